The molecule has 0 aliphatic heterocycles. The van der Waals surface area contributed by atoms with Gasteiger partial charge in [0.05, 0.1) is 11.6 Å². The maximum Gasteiger partial charge on any atom is 0.274 e. The number of Topliss-reactive ketones (excluding diaryl/α,β-unsaturated/α-hetero) is 1. The first-order valence-corrected chi connectivity index (χ1v) is 11.2. The highest BCUT2D eigenvalue weighted by Gasteiger charge is 2.24. The monoisotopic (exact) mass is 465 g/mol. The normalized spacial score (nSPS) is 10.8. The Hall–Kier alpha value is -3.29. The summed E-state index contributed by atoms with van der Waals surface area (Å²) in [6.07, 6.45) is 1.88. The summed E-state index contributed by atoms with van der Waals surface area (Å²) in [7, 11) is 0. The standard InChI is InChI=1S/C24H20ClN3O3S/c1-14-12-26-16(10-15(2)29)11-19(14)24-28-21(23(30)27-13-17-6-5-9-32-17)22(31-24)18-7-3-4-8-20(18)25/h3-9,11-12H,10,13H2,1-2H3,(H,27,30). The van der Waals surface area contributed by atoms with Crippen LogP contribution in [0.15, 0.2) is 58.5 Å². The Morgan fingerprint density at radius 1 is 1.16 bits per heavy atom. The lowest BCUT2D eigenvalue weighted by molar-refractivity contribution is -0.116. The minimum atomic E-state index is -0.362. The number of hydrogen-bond acceptors (Lipinski definition) is 6. The quantitative estimate of drug-likeness (QED) is 0.390. The first-order valence-electron chi connectivity index (χ1n) is 9.94. The second-order valence-corrected chi connectivity index (χ2v) is 8.75. The molecule has 8 heteroatoms. The second-order valence-electron chi connectivity index (χ2n) is 7.31. The number of hydrogen-bond donors (Lipinski definition) is 1. The molecule has 0 radical (unpaired) electrons. The van der Waals surface area contributed by atoms with Crippen LogP contribution >= 0.6 is 22.9 Å². The van der Waals surface area contributed by atoms with Crippen LogP contribution in [0.5, 0.6) is 0 Å². The Bertz CT molecular complexity index is 1280. The highest BCUT2D eigenvalue weighted by molar-refractivity contribution is 7.09. The van der Waals surface area contributed by atoms with Crippen molar-refractivity contribution in [2.45, 2.75) is 26.8 Å². The van der Waals surface area contributed by atoms with Gasteiger partial charge >= 0.3 is 0 Å². The van der Waals surface area contributed by atoms with Crippen LogP contribution in [-0.2, 0) is 17.8 Å². The van der Waals surface area contributed by atoms with Gasteiger partial charge in [0.2, 0.25) is 5.89 Å². The number of pyridine rings is 1. The van der Waals surface area contributed by atoms with E-state index in [9.17, 15) is 9.59 Å². The molecule has 0 saturated carbocycles. The Morgan fingerprint density at radius 2 is 1.97 bits per heavy atom. The summed E-state index contributed by atoms with van der Waals surface area (Å²) in [4.78, 5) is 34.5. The van der Waals surface area contributed by atoms with E-state index in [1.807, 2.05) is 30.5 Å². The zero-order valence-corrected chi connectivity index (χ0v) is 19.1. The summed E-state index contributed by atoms with van der Waals surface area (Å²) in [5, 5.41) is 5.30. The van der Waals surface area contributed by atoms with Crippen molar-refractivity contribution >= 4 is 34.6 Å². The molecule has 4 aromatic rings. The van der Waals surface area contributed by atoms with Crippen molar-refractivity contribution < 1.29 is 14.0 Å². The number of aryl methyl sites for hydroxylation is 1. The Morgan fingerprint density at radius 3 is 2.69 bits per heavy atom. The van der Waals surface area contributed by atoms with Gasteiger partial charge in [0.15, 0.2) is 11.5 Å². The molecule has 0 unspecified atom stereocenters. The van der Waals surface area contributed by atoms with Crippen LogP contribution in [0.2, 0.25) is 5.02 Å². The molecule has 0 bridgehead atoms. The van der Waals surface area contributed by atoms with Crippen LogP contribution in [-0.4, -0.2) is 21.7 Å². The van der Waals surface area contributed by atoms with Crippen LogP contribution in [0.4, 0.5) is 0 Å². The number of benzene rings is 1. The molecule has 4 rings (SSSR count). The molecule has 162 valence electrons. The molecule has 0 atom stereocenters. The highest BCUT2D eigenvalue weighted by Crippen LogP contribution is 2.35. The van der Waals surface area contributed by atoms with E-state index >= 15 is 0 Å². The molecule has 32 heavy (non-hydrogen) atoms. The Kier molecular flexibility index (Phi) is 6.48. The average molecular weight is 466 g/mol. The number of oxazole rings is 1. The van der Waals surface area contributed by atoms with Crippen molar-refractivity contribution in [3.05, 3.63) is 80.9 Å². The van der Waals surface area contributed by atoms with E-state index in [4.69, 9.17) is 16.0 Å². The number of nitrogens with one attached hydrogen (secondary N) is 1. The molecule has 0 saturated heterocycles. The number of aromatic nitrogens is 2. The fourth-order valence-electron chi connectivity index (χ4n) is 3.23. The number of rotatable bonds is 7. The number of carbonyl (C=O) groups is 2. The largest absolute Gasteiger partial charge is 0.435 e. The fraction of sp³-hybridized carbons (Fsp3) is 0.167. The number of ketones is 1. The van der Waals surface area contributed by atoms with Crippen molar-refractivity contribution in [3.8, 4) is 22.8 Å². The van der Waals surface area contributed by atoms with Crippen LogP contribution in [0.1, 0.15) is 33.5 Å². The van der Waals surface area contributed by atoms with Crippen molar-refractivity contribution in [2.24, 2.45) is 0 Å². The summed E-state index contributed by atoms with van der Waals surface area (Å²) in [5.74, 6) is 0.202. The number of thiophene rings is 1. The van der Waals surface area contributed by atoms with Gasteiger partial charge in [-0.3, -0.25) is 14.6 Å². The van der Waals surface area contributed by atoms with Crippen molar-refractivity contribution in [3.63, 3.8) is 0 Å². The zero-order chi connectivity index (χ0) is 22.7. The van der Waals surface area contributed by atoms with Gasteiger partial charge in [0, 0.05) is 34.3 Å². The van der Waals surface area contributed by atoms with E-state index < -0.39 is 0 Å². The van der Waals surface area contributed by atoms with Gasteiger partial charge in [-0.15, -0.1) is 11.3 Å². The molecular weight excluding hydrogens is 446 g/mol. The molecule has 0 aliphatic rings. The number of carbonyl (C=O) groups excluding carboxylic acids is 2. The van der Waals surface area contributed by atoms with Gasteiger partial charge in [-0.25, -0.2) is 4.98 Å². The fourth-order valence-corrected chi connectivity index (χ4v) is 4.10. The second kappa shape index (κ2) is 9.46. The van der Waals surface area contributed by atoms with Gasteiger partial charge in [-0.2, -0.15) is 0 Å². The maximum atomic E-state index is 13.1. The molecule has 6 nitrogen and oxygen atoms in total. The van der Waals surface area contributed by atoms with E-state index in [1.54, 1.807) is 41.8 Å². The summed E-state index contributed by atoms with van der Waals surface area (Å²) in [6.45, 7) is 3.77. The zero-order valence-electron chi connectivity index (χ0n) is 17.5. The summed E-state index contributed by atoms with van der Waals surface area (Å²) >= 11 is 7.96. The SMILES string of the molecule is CC(=O)Cc1cc(-c2nc(C(=O)NCc3cccs3)c(-c3ccccc3Cl)o2)c(C)cn1. The van der Waals surface area contributed by atoms with E-state index in [0.717, 1.165) is 10.4 Å². The van der Waals surface area contributed by atoms with E-state index in [0.29, 0.717) is 34.1 Å². The summed E-state index contributed by atoms with van der Waals surface area (Å²) in [6, 6.07) is 12.8. The molecule has 1 N–H and O–H groups in total. The van der Waals surface area contributed by atoms with Crippen LogP contribution in [0, 0.1) is 6.92 Å². The van der Waals surface area contributed by atoms with Crippen LogP contribution in [0.3, 0.4) is 0 Å². The lowest BCUT2D eigenvalue weighted by Gasteiger charge is -2.05. The van der Waals surface area contributed by atoms with E-state index in [2.05, 4.69) is 15.3 Å². The van der Waals surface area contributed by atoms with Gasteiger partial charge in [-0.1, -0.05) is 29.8 Å². The van der Waals surface area contributed by atoms with Gasteiger partial charge in [-0.05, 0) is 49.1 Å². The van der Waals surface area contributed by atoms with Gasteiger partial charge in [0.25, 0.3) is 5.91 Å². The van der Waals surface area contributed by atoms with E-state index in [-0.39, 0.29) is 29.7 Å². The predicted molar refractivity (Wildman–Crippen MR) is 125 cm³/mol. The number of amides is 1. The van der Waals surface area contributed by atoms with Gasteiger partial charge < -0.3 is 9.73 Å². The van der Waals surface area contributed by atoms with Crippen LogP contribution in [0.25, 0.3) is 22.8 Å². The third-order valence-electron chi connectivity index (χ3n) is 4.78. The molecule has 1 amide bonds. The Balaban J connectivity index is 1.77. The van der Waals surface area contributed by atoms with Crippen molar-refractivity contribution in [1.29, 1.82) is 0 Å². The number of halogens is 1. The third kappa shape index (κ3) is 4.79. The first-order chi connectivity index (χ1) is 15.4. The first kappa shape index (κ1) is 21.9. The predicted octanol–water partition coefficient (Wildman–Crippen LogP) is 5.49. The molecule has 3 heterocycles. The summed E-state index contributed by atoms with van der Waals surface area (Å²) in [5.41, 5.74) is 2.81. The van der Waals surface area contributed by atoms with Gasteiger partial charge in [0.1, 0.15) is 5.78 Å². The van der Waals surface area contributed by atoms with Crippen molar-refractivity contribution in [2.75, 3.05) is 0 Å². The average Bonchev–Trinajstić information content (AvgIpc) is 3.43. The molecule has 0 aliphatic carbocycles. The third-order valence-corrected chi connectivity index (χ3v) is 5.99. The van der Waals surface area contributed by atoms with Crippen LogP contribution < -0.4 is 5.32 Å². The topological polar surface area (TPSA) is 85.1 Å². The molecule has 3 aromatic heterocycles. The smallest absolute Gasteiger partial charge is 0.274 e. The minimum Gasteiger partial charge on any atom is -0.435 e. The molecule has 1 aromatic carbocycles. The Labute approximate surface area is 194 Å². The van der Waals surface area contributed by atoms with Crippen molar-refractivity contribution in [1.82, 2.24) is 15.3 Å². The maximum absolute atomic E-state index is 13.1. The highest BCUT2D eigenvalue weighted by atomic mass is 35.5. The summed E-state index contributed by atoms with van der Waals surface area (Å²) < 4.78 is 6.10. The lowest BCUT2D eigenvalue weighted by atomic mass is 10.1. The lowest BCUT2D eigenvalue weighted by Crippen LogP contribution is -2.23. The van der Waals surface area contributed by atoms with E-state index in [1.165, 1.54) is 6.92 Å². The minimum absolute atomic E-state index is 0.00473. The molecular formula is C24H20ClN3O3S. The number of nitrogens with zero attached hydrogens (tertiary/aromatic N) is 2. The molecule has 0 spiro atoms. The molecule has 0 fully saturated rings.